The minimum absolute atomic E-state index is 1.04. The van der Waals surface area contributed by atoms with Crippen molar-refractivity contribution in [3.8, 4) is 0 Å². The Kier molecular flexibility index (Phi) is 6.41. The quantitative estimate of drug-likeness (QED) is 0.527. The summed E-state index contributed by atoms with van der Waals surface area (Å²) in [6, 6.07) is 0. The molecule has 0 radical (unpaired) electrons. The van der Waals surface area contributed by atoms with Crippen LogP contribution in [-0.4, -0.2) is 17.3 Å². The van der Waals surface area contributed by atoms with Crippen molar-refractivity contribution >= 4 is 24.4 Å². The third kappa shape index (κ3) is 4.66. The van der Waals surface area contributed by atoms with Crippen molar-refractivity contribution in [3.05, 3.63) is 0 Å². The molecule has 0 aliphatic heterocycles. The summed E-state index contributed by atoms with van der Waals surface area (Å²) in [5, 5.41) is 0. The van der Waals surface area contributed by atoms with Crippen LogP contribution >= 0.6 is 24.4 Å². The van der Waals surface area contributed by atoms with E-state index in [4.69, 9.17) is 0 Å². The smallest absolute Gasteiger partial charge is 0.00210 e. The molecule has 0 nitrogen and oxygen atoms in total. The molecule has 1 aliphatic carbocycles. The number of hydrogen-bond acceptors (Lipinski definition) is 2. The predicted octanol–water partition coefficient (Wildman–Crippen LogP) is 3.62. The number of thiol groups is 1. The van der Waals surface area contributed by atoms with E-state index in [1.54, 1.807) is 0 Å². The van der Waals surface area contributed by atoms with Crippen LogP contribution in [0.5, 0.6) is 0 Å². The molecule has 0 bridgehead atoms. The summed E-state index contributed by atoms with van der Waals surface area (Å²) in [6.45, 7) is 0. The Hall–Kier alpha value is 0.700. The Morgan fingerprint density at radius 2 is 1.83 bits per heavy atom. The zero-order valence-corrected chi connectivity index (χ0v) is 9.51. The van der Waals surface area contributed by atoms with Crippen molar-refractivity contribution < 1.29 is 0 Å². The van der Waals surface area contributed by atoms with Crippen LogP contribution in [-0.2, 0) is 0 Å². The van der Waals surface area contributed by atoms with Gasteiger partial charge in [-0.1, -0.05) is 32.1 Å². The lowest BCUT2D eigenvalue weighted by Crippen LogP contribution is -2.07. The predicted molar refractivity (Wildman–Crippen MR) is 62.4 cm³/mol. The highest BCUT2D eigenvalue weighted by molar-refractivity contribution is 7.99. The Bertz CT molecular complexity index is 98.0. The van der Waals surface area contributed by atoms with Crippen LogP contribution in [0.25, 0.3) is 0 Å². The maximum absolute atomic E-state index is 4.20. The first-order valence-corrected chi connectivity index (χ1v) is 6.91. The average Bonchev–Trinajstić information content (AvgIpc) is 2.14. The van der Waals surface area contributed by atoms with Crippen LogP contribution in [0.4, 0.5) is 0 Å². The van der Waals surface area contributed by atoms with Crippen LogP contribution in [0.3, 0.4) is 0 Å². The van der Waals surface area contributed by atoms with Gasteiger partial charge in [0.1, 0.15) is 0 Å². The zero-order valence-electron chi connectivity index (χ0n) is 7.80. The van der Waals surface area contributed by atoms with Crippen molar-refractivity contribution in [1.29, 1.82) is 0 Å². The monoisotopic (exact) mass is 204 g/mol. The van der Waals surface area contributed by atoms with Gasteiger partial charge in [0.25, 0.3) is 0 Å². The van der Waals surface area contributed by atoms with E-state index in [0.29, 0.717) is 0 Å². The van der Waals surface area contributed by atoms with E-state index < -0.39 is 0 Å². The molecule has 72 valence electrons. The first-order chi connectivity index (χ1) is 5.93. The maximum atomic E-state index is 4.20. The lowest BCUT2D eigenvalue weighted by molar-refractivity contribution is 0.351. The summed E-state index contributed by atoms with van der Waals surface area (Å²) in [4.78, 5) is 0. The maximum Gasteiger partial charge on any atom is 0.00210 e. The zero-order chi connectivity index (χ0) is 8.65. The number of thioether (sulfide) groups is 1. The van der Waals surface area contributed by atoms with Gasteiger partial charge in [0.2, 0.25) is 0 Å². The minimum atomic E-state index is 1.04. The molecule has 0 heterocycles. The van der Waals surface area contributed by atoms with E-state index >= 15 is 0 Å². The highest BCUT2D eigenvalue weighted by atomic mass is 32.2. The standard InChI is InChI=1S/C10H20S2/c11-7-9-12-8-6-10-4-2-1-3-5-10/h10-11H,1-9H2. The van der Waals surface area contributed by atoms with Crippen LogP contribution < -0.4 is 0 Å². The van der Waals surface area contributed by atoms with E-state index in [-0.39, 0.29) is 0 Å². The van der Waals surface area contributed by atoms with Crippen LogP contribution in [0.1, 0.15) is 38.5 Å². The molecule has 0 N–H and O–H groups in total. The molecule has 2 heteroatoms. The van der Waals surface area contributed by atoms with E-state index in [1.165, 1.54) is 50.0 Å². The van der Waals surface area contributed by atoms with Crippen molar-refractivity contribution in [2.24, 2.45) is 5.92 Å². The van der Waals surface area contributed by atoms with Crippen LogP contribution in [0.15, 0.2) is 0 Å². The van der Waals surface area contributed by atoms with Crippen molar-refractivity contribution in [1.82, 2.24) is 0 Å². The lowest BCUT2D eigenvalue weighted by Gasteiger charge is -2.20. The molecule has 1 fully saturated rings. The van der Waals surface area contributed by atoms with Gasteiger partial charge in [0.05, 0.1) is 0 Å². The molecule has 1 aliphatic rings. The lowest BCUT2D eigenvalue weighted by atomic mass is 9.88. The molecule has 0 aromatic heterocycles. The fourth-order valence-corrected chi connectivity index (χ4v) is 3.11. The Balaban J connectivity index is 1.91. The second kappa shape index (κ2) is 7.14. The fourth-order valence-electron chi connectivity index (χ4n) is 1.89. The largest absolute Gasteiger partial charge is 0.179 e. The summed E-state index contributed by atoms with van der Waals surface area (Å²) in [5.41, 5.74) is 0. The van der Waals surface area contributed by atoms with Gasteiger partial charge in [-0.15, -0.1) is 0 Å². The molecular formula is C10H20S2. The summed E-state index contributed by atoms with van der Waals surface area (Å²) < 4.78 is 0. The highest BCUT2D eigenvalue weighted by Gasteiger charge is 2.12. The summed E-state index contributed by atoms with van der Waals surface area (Å²) in [7, 11) is 0. The van der Waals surface area contributed by atoms with E-state index in [2.05, 4.69) is 24.4 Å². The summed E-state index contributed by atoms with van der Waals surface area (Å²) >= 11 is 6.27. The van der Waals surface area contributed by atoms with E-state index in [1.807, 2.05) is 0 Å². The van der Waals surface area contributed by atoms with Gasteiger partial charge in [0.15, 0.2) is 0 Å². The summed E-state index contributed by atoms with van der Waals surface area (Å²) in [6.07, 6.45) is 8.92. The normalized spacial score (nSPS) is 19.8. The molecular weight excluding hydrogens is 184 g/mol. The fraction of sp³-hybridized carbons (Fsp3) is 1.00. The Morgan fingerprint density at radius 1 is 1.08 bits per heavy atom. The molecule has 0 atom stereocenters. The Morgan fingerprint density at radius 3 is 2.50 bits per heavy atom. The highest BCUT2D eigenvalue weighted by Crippen LogP contribution is 2.27. The van der Waals surface area contributed by atoms with Crippen LogP contribution in [0, 0.1) is 5.92 Å². The van der Waals surface area contributed by atoms with E-state index in [0.717, 1.165) is 11.7 Å². The SMILES string of the molecule is SCCSCCC1CCCCC1. The molecule has 0 aromatic rings. The molecule has 0 aromatic carbocycles. The average molecular weight is 204 g/mol. The van der Waals surface area contributed by atoms with Gasteiger partial charge in [-0.25, -0.2) is 0 Å². The molecule has 0 saturated heterocycles. The third-order valence-corrected chi connectivity index (χ3v) is 4.17. The topological polar surface area (TPSA) is 0 Å². The van der Waals surface area contributed by atoms with Gasteiger partial charge in [-0.3, -0.25) is 0 Å². The van der Waals surface area contributed by atoms with Crippen molar-refractivity contribution in [2.75, 3.05) is 17.3 Å². The van der Waals surface area contributed by atoms with Crippen molar-refractivity contribution in [3.63, 3.8) is 0 Å². The van der Waals surface area contributed by atoms with Crippen molar-refractivity contribution in [2.45, 2.75) is 38.5 Å². The van der Waals surface area contributed by atoms with E-state index in [9.17, 15) is 0 Å². The third-order valence-electron chi connectivity index (χ3n) is 2.63. The van der Waals surface area contributed by atoms with Gasteiger partial charge in [-0.2, -0.15) is 24.4 Å². The molecule has 12 heavy (non-hydrogen) atoms. The molecule has 0 spiro atoms. The summed E-state index contributed by atoms with van der Waals surface area (Å²) in [5.74, 6) is 4.70. The second-order valence-corrected chi connectivity index (χ2v) is 5.30. The van der Waals surface area contributed by atoms with Gasteiger partial charge >= 0.3 is 0 Å². The molecule has 1 rings (SSSR count). The molecule has 1 saturated carbocycles. The van der Waals surface area contributed by atoms with Gasteiger partial charge in [-0.05, 0) is 23.8 Å². The Labute approximate surface area is 86.3 Å². The first kappa shape index (κ1) is 10.8. The number of hydrogen-bond donors (Lipinski definition) is 1. The minimum Gasteiger partial charge on any atom is -0.179 e. The second-order valence-electron chi connectivity index (χ2n) is 3.63. The van der Waals surface area contributed by atoms with Gasteiger partial charge in [0, 0.05) is 5.75 Å². The molecule has 0 amide bonds. The first-order valence-electron chi connectivity index (χ1n) is 5.12. The number of rotatable bonds is 5. The van der Waals surface area contributed by atoms with Crippen LogP contribution in [0.2, 0.25) is 0 Å². The van der Waals surface area contributed by atoms with Gasteiger partial charge < -0.3 is 0 Å². The molecule has 0 unspecified atom stereocenters.